The summed E-state index contributed by atoms with van der Waals surface area (Å²) in [4.78, 5) is 29.4. The van der Waals surface area contributed by atoms with Crippen molar-refractivity contribution < 1.29 is 18.4 Å². The molecule has 0 aliphatic rings. The Morgan fingerprint density at radius 2 is 1.71 bits per heavy atom. The molecule has 0 atom stereocenters. The maximum absolute atomic E-state index is 13.6. The molecule has 1 heterocycles. The molecule has 0 saturated heterocycles. The molecular weight excluding hydrogens is 395 g/mol. The normalized spacial score (nSPS) is 10.9. The van der Waals surface area contributed by atoms with Crippen LogP contribution in [-0.4, -0.2) is 34.2 Å². The standard InChI is InChI=1S/C25H27FN2O3/c1-18(2)28(25(30)21-10-7-11-22(26)14-21)17-24(29)27(15-20-8-5-4-6-9-20)16-23-13-12-19(3)31-23/h4-14,18H,15-17H2,1-3H3. The summed E-state index contributed by atoms with van der Waals surface area (Å²) in [5.41, 5.74) is 1.20. The highest BCUT2D eigenvalue weighted by molar-refractivity contribution is 5.96. The van der Waals surface area contributed by atoms with Gasteiger partial charge in [0.05, 0.1) is 6.54 Å². The van der Waals surface area contributed by atoms with Crippen LogP contribution in [0, 0.1) is 12.7 Å². The van der Waals surface area contributed by atoms with Crippen LogP contribution in [0.5, 0.6) is 0 Å². The topological polar surface area (TPSA) is 53.8 Å². The summed E-state index contributed by atoms with van der Waals surface area (Å²) in [5.74, 6) is 0.369. The lowest BCUT2D eigenvalue weighted by molar-refractivity contribution is -0.133. The predicted molar refractivity (Wildman–Crippen MR) is 117 cm³/mol. The van der Waals surface area contributed by atoms with E-state index in [2.05, 4.69) is 0 Å². The van der Waals surface area contributed by atoms with Gasteiger partial charge in [-0.2, -0.15) is 0 Å². The van der Waals surface area contributed by atoms with Crippen molar-refractivity contribution >= 4 is 11.8 Å². The zero-order chi connectivity index (χ0) is 22.4. The molecule has 0 aliphatic heterocycles. The predicted octanol–water partition coefficient (Wildman–Crippen LogP) is 4.81. The Morgan fingerprint density at radius 3 is 2.32 bits per heavy atom. The molecule has 0 radical (unpaired) electrons. The number of hydrogen-bond donors (Lipinski definition) is 0. The van der Waals surface area contributed by atoms with Crippen molar-refractivity contribution in [2.45, 2.75) is 39.9 Å². The van der Waals surface area contributed by atoms with Crippen molar-refractivity contribution in [3.8, 4) is 0 Å². The van der Waals surface area contributed by atoms with Gasteiger partial charge in [0, 0.05) is 18.2 Å². The molecule has 1 aromatic heterocycles. The first-order valence-corrected chi connectivity index (χ1v) is 10.3. The molecular formula is C25H27FN2O3. The largest absolute Gasteiger partial charge is 0.464 e. The van der Waals surface area contributed by atoms with E-state index in [1.807, 2.05) is 63.2 Å². The molecule has 2 amide bonds. The molecule has 6 heteroatoms. The molecule has 31 heavy (non-hydrogen) atoms. The Hall–Kier alpha value is -3.41. The van der Waals surface area contributed by atoms with Crippen LogP contribution in [0.1, 0.15) is 41.3 Å². The van der Waals surface area contributed by atoms with Gasteiger partial charge in [-0.05, 0) is 56.7 Å². The van der Waals surface area contributed by atoms with E-state index in [0.29, 0.717) is 18.8 Å². The maximum Gasteiger partial charge on any atom is 0.254 e. The summed E-state index contributed by atoms with van der Waals surface area (Å²) >= 11 is 0. The number of rotatable bonds is 8. The average molecular weight is 423 g/mol. The van der Waals surface area contributed by atoms with Gasteiger partial charge in [0.15, 0.2) is 0 Å². The zero-order valence-corrected chi connectivity index (χ0v) is 18.0. The fourth-order valence-electron chi connectivity index (χ4n) is 3.32. The molecule has 162 valence electrons. The summed E-state index contributed by atoms with van der Waals surface area (Å²) in [6.45, 7) is 6.09. The summed E-state index contributed by atoms with van der Waals surface area (Å²) in [6, 6.07) is 18.6. The number of benzene rings is 2. The van der Waals surface area contributed by atoms with Crippen molar-refractivity contribution in [3.05, 3.63) is 95.2 Å². The highest BCUT2D eigenvalue weighted by Gasteiger charge is 2.25. The molecule has 0 saturated carbocycles. The van der Waals surface area contributed by atoms with Gasteiger partial charge in [0.1, 0.15) is 23.9 Å². The fourth-order valence-corrected chi connectivity index (χ4v) is 3.32. The number of furan rings is 1. The molecule has 5 nitrogen and oxygen atoms in total. The number of carbonyl (C=O) groups is 2. The third-order valence-corrected chi connectivity index (χ3v) is 4.97. The van der Waals surface area contributed by atoms with E-state index in [1.54, 1.807) is 11.0 Å². The quantitative estimate of drug-likeness (QED) is 0.524. The number of carbonyl (C=O) groups excluding carboxylic acids is 2. The summed E-state index contributed by atoms with van der Waals surface area (Å²) in [6.07, 6.45) is 0. The van der Waals surface area contributed by atoms with E-state index in [0.717, 1.165) is 11.3 Å². The first-order chi connectivity index (χ1) is 14.8. The molecule has 0 spiro atoms. The van der Waals surface area contributed by atoms with Gasteiger partial charge < -0.3 is 14.2 Å². The van der Waals surface area contributed by atoms with E-state index >= 15 is 0 Å². The lowest BCUT2D eigenvalue weighted by Crippen LogP contribution is -2.45. The smallest absolute Gasteiger partial charge is 0.254 e. The minimum atomic E-state index is -0.486. The van der Waals surface area contributed by atoms with E-state index in [-0.39, 0.29) is 30.0 Å². The van der Waals surface area contributed by atoms with Crippen LogP contribution in [0.15, 0.2) is 71.1 Å². The van der Waals surface area contributed by atoms with Crippen molar-refractivity contribution in [2.75, 3.05) is 6.54 Å². The summed E-state index contributed by atoms with van der Waals surface area (Å²) < 4.78 is 19.3. The Balaban J connectivity index is 1.81. The minimum Gasteiger partial charge on any atom is -0.464 e. The highest BCUT2D eigenvalue weighted by atomic mass is 19.1. The number of aryl methyl sites for hydroxylation is 1. The lowest BCUT2D eigenvalue weighted by atomic mass is 10.1. The van der Waals surface area contributed by atoms with Crippen LogP contribution in [0.2, 0.25) is 0 Å². The second kappa shape index (κ2) is 10.1. The monoisotopic (exact) mass is 422 g/mol. The molecule has 0 unspecified atom stereocenters. The van der Waals surface area contributed by atoms with Crippen LogP contribution in [0.4, 0.5) is 4.39 Å². The van der Waals surface area contributed by atoms with Crippen molar-refractivity contribution in [3.63, 3.8) is 0 Å². The van der Waals surface area contributed by atoms with Gasteiger partial charge in [-0.15, -0.1) is 0 Å². The minimum absolute atomic E-state index is 0.112. The second-order valence-electron chi connectivity index (χ2n) is 7.78. The van der Waals surface area contributed by atoms with Crippen LogP contribution in [0.3, 0.4) is 0 Å². The van der Waals surface area contributed by atoms with E-state index in [4.69, 9.17) is 4.42 Å². The van der Waals surface area contributed by atoms with Crippen molar-refractivity contribution in [1.82, 2.24) is 9.80 Å². The Labute approximate surface area is 182 Å². The third kappa shape index (κ3) is 6.04. The second-order valence-corrected chi connectivity index (χ2v) is 7.78. The Morgan fingerprint density at radius 1 is 0.968 bits per heavy atom. The molecule has 0 fully saturated rings. The fraction of sp³-hybridized carbons (Fsp3) is 0.280. The number of nitrogens with zero attached hydrogens (tertiary/aromatic N) is 2. The van der Waals surface area contributed by atoms with Gasteiger partial charge in [0.2, 0.25) is 5.91 Å². The summed E-state index contributed by atoms with van der Waals surface area (Å²) in [5, 5.41) is 0. The SMILES string of the molecule is Cc1ccc(CN(Cc2ccccc2)C(=O)CN(C(=O)c2cccc(F)c2)C(C)C)o1. The first-order valence-electron chi connectivity index (χ1n) is 10.3. The van der Waals surface area contributed by atoms with Crippen LogP contribution in [-0.2, 0) is 17.9 Å². The van der Waals surface area contributed by atoms with Gasteiger partial charge in [-0.1, -0.05) is 36.4 Å². The van der Waals surface area contributed by atoms with Gasteiger partial charge in [-0.25, -0.2) is 4.39 Å². The highest BCUT2D eigenvalue weighted by Crippen LogP contribution is 2.16. The Kier molecular flexibility index (Phi) is 7.23. The van der Waals surface area contributed by atoms with Crippen LogP contribution < -0.4 is 0 Å². The molecule has 3 rings (SSSR count). The summed E-state index contributed by atoms with van der Waals surface area (Å²) in [7, 11) is 0. The number of amides is 2. The lowest BCUT2D eigenvalue weighted by Gasteiger charge is -2.30. The Bertz CT molecular complexity index is 1030. The zero-order valence-electron chi connectivity index (χ0n) is 18.0. The first kappa shape index (κ1) is 22.3. The molecule has 2 aromatic carbocycles. The van der Waals surface area contributed by atoms with E-state index < -0.39 is 5.82 Å². The molecule has 0 aliphatic carbocycles. The molecule has 0 bridgehead atoms. The van der Waals surface area contributed by atoms with E-state index in [9.17, 15) is 14.0 Å². The van der Waals surface area contributed by atoms with Crippen LogP contribution in [0.25, 0.3) is 0 Å². The number of halogens is 1. The average Bonchev–Trinajstić information content (AvgIpc) is 3.16. The number of hydrogen-bond acceptors (Lipinski definition) is 3. The van der Waals surface area contributed by atoms with Crippen molar-refractivity contribution in [1.29, 1.82) is 0 Å². The van der Waals surface area contributed by atoms with Gasteiger partial charge >= 0.3 is 0 Å². The van der Waals surface area contributed by atoms with Crippen LogP contribution >= 0.6 is 0 Å². The molecule has 0 N–H and O–H groups in total. The van der Waals surface area contributed by atoms with Crippen molar-refractivity contribution in [2.24, 2.45) is 0 Å². The molecule has 3 aromatic rings. The van der Waals surface area contributed by atoms with Gasteiger partial charge in [0.25, 0.3) is 5.91 Å². The van der Waals surface area contributed by atoms with Gasteiger partial charge in [-0.3, -0.25) is 9.59 Å². The van der Waals surface area contributed by atoms with E-state index in [1.165, 1.54) is 23.1 Å². The maximum atomic E-state index is 13.6. The third-order valence-electron chi connectivity index (χ3n) is 4.97.